The summed E-state index contributed by atoms with van der Waals surface area (Å²) in [7, 11) is 0. The number of quaternary nitrogens is 1. The van der Waals surface area contributed by atoms with Crippen LogP contribution in [0.15, 0.2) is 23.4 Å². The van der Waals surface area contributed by atoms with E-state index in [0.29, 0.717) is 18.4 Å². The molecule has 6 unspecified atom stereocenters. The zero-order valence-electron chi connectivity index (χ0n) is 19.1. The number of rotatable bonds is 4. The van der Waals surface area contributed by atoms with E-state index < -0.39 is 5.97 Å². The molecule has 0 saturated heterocycles. The van der Waals surface area contributed by atoms with Gasteiger partial charge in [-0.25, -0.2) is 4.79 Å². The fraction of sp³-hybridized carbons (Fsp3) is 0.760. The largest absolute Gasteiger partial charge is 0.477 e. The Morgan fingerprint density at radius 3 is 2.63 bits per heavy atom. The van der Waals surface area contributed by atoms with Crippen LogP contribution in [0.3, 0.4) is 0 Å². The van der Waals surface area contributed by atoms with Crippen LogP contribution in [0.1, 0.15) is 72.6 Å². The van der Waals surface area contributed by atoms with Gasteiger partial charge < -0.3 is 9.84 Å². The van der Waals surface area contributed by atoms with Crippen LogP contribution in [0.2, 0.25) is 0 Å². The van der Waals surface area contributed by atoms with Crippen LogP contribution in [0, 0.1) is 28.1 Å². The molecular weight excluding hydrogens is 378 g/mol. The number of allylic oxidation sites excluding steroid dienone is 2. The van der Waals surface area contributed by atoms with Crippen LogP contribution in [-0.4, -0.2) is 36.7 Å². The molecule has 4 rings (SSSR count). The van der Waals surface area contributed by atoms with Crippen molar-refractivity contribution in [2.45, 2.75) is 72.6 Å². The smallest absolute Gasteiger partial charge is 0.359 e. The third kappa shape index (κ3) is 3.43. The number of nitrogens with one attached hydrogen (secondary N) is 1. The van der Waals surface area contributed by atoms with Crippen LogP contribution < -0.4 is 4.90 Å². The molecule has 0 amide bonds. The Bertz CT molecular complexity index is 801. The van der Waals surface area contributed by atoms with E-state index in [1.54, 1.807) is 0 Å². The molecule has 166 valence electrons. The maximum atomic E-state index is 11.5. The number of esters is 1. The van der Waals surface area contributed by atoms with Crippen LogP contribution in [-0.2, 0) is 14.3 Å². The van der Waals surface area contributed by atoms with Crippen molar-refractivity contribution in [1.82, 2.24) is 0 Å². The quantitative estimate of drug-likeness (QED) is 0.690. The molecule has 1 aliphatic heterocycles. The Labute approximate surface area is 180 Å². The maximum absolute atomic E-state index is 11.5. The molecule has 3 saturated carbocycles. The van der Waals surface area contributed by atoms with Gasteiger partial charge in [0.05, 0.1) is 12.8 Å². The van der Waals surface area contributed by atoms with Crippen molar-refractivity contribution in [2.75, 3.05) is 19.7 Å². The second kappa shape index (κ2) is 7.51. The third-order valence-electron chi connectivity index (χ3n) is 9.21. The summed E-state index contributed by atoms with van der Waals surface area (Å²) < 4.78 is 5.56. The molecule has 4 aliphatic rings. The Morgan fingerprint density at radius 1 is 1.17 bits per heavy atom. The van der Waals surface area contributed by atoms with Crippen LogP contribution in [0.5, 0.6) is 0 Å². The molecular formula is C25H38NO4+. The van der Waals surface area contributed by atoms with Crippen molar-refractivity contribution < 1.29 is 24.3 Å². The summed E-state index contributed by atoms with van der Waals surface area (Å²) in [4.78, 5) is 23.7. The second-order valence-electron chi connectivity index (χ2n) is 11.1. The van der Waals surface area contributed by atoms with Gasteiger partial charge in [0.15, 0.2) is 6.54 Å². The minimum absolute atomic E-state index is 0.0689. The number of hydrogen-bond acceptors (Lipinski definition) is 3. The zero-order valence-corrected chi connectivity index (χ0v) is 19.1. The lowest BCUT2D eigenvalue weighted by atomic mass is 9.40. The third-order valence-corrected chi connectivity index (χ3v) is 9.21. The highest BCUT2D eigenvalue weighted by Gasteiger charge is 2.61. The van der Waals surface area contributed by atoms with Gasteiger partial charge in [0, 0.05) is 17.9 Å². The minimum atomic E-state index is -0.735. The number of hydrogen-bond donors (Lipinski definition) is 2. The molecule has 6 atom stereocenters. The Hall–Kier alpha value is -1.62. The number of ether oxygens (including phenoxy) is 1. The molecule has 0 aromatic heterocycles. The number of carbonyl (C=O) groups is 2. The number of carboxylic acid groups (broad SMARTS) is 1. The summed E-state index contributed by atoms with van der Waals surface area (Å²) in [6.07, 6.45) is 12.7. The first-order valence-corrected chi connectivity index (χ1v) is 11.7. The summed E-state index contributed by atoms with van der Waals surface area (Å²) in [5, 5.41) is 9.19. The fourth-order valence-electron chi connectivity index (χ4n) is 8.04. The molecule has 0 spiro atoms. The Balaban J connectivity index is 1.61. The van der Waals surface area contributed by atoms with E-state index in [2.05, 4.69) is 33.0 Å². The average Bonchev–Trinajstić information content (AvgIpc) is 2.65. The van der Waals surface area contributed by atoms with Gasteiger partial charge in [-0.2, -0.15) is 0 Å². The van der Waals surface area contributed by atoms with Crippen molar-refractivity contribution in [3.05, 3.63) is 23.4 Å². The molecule has 0 radical (unpaired) electrons. The SMILES string of the molecule is CC(=O)OCC1(C)CCCC2(C)C1CCC1(C)C3=CC[NH+](CC(=O)O)C=C3CCC12. The zero-order chi connectivity index (χ0) is 21.7. The van der Waals surface area contributed by atoms with Gasteiger partial charge in [0.25, 0.3) is 0 Å². The lowest BCUT2D eigenvalue weighted by Gasteiger charge is -2.65. The van der Waals surface area contributed by atoms with Crippen molar-refractivity contribution >= 4 is 11.9 Å². The van der Waals surface area contributed by atoms with Gasteiger partial charge in [-0.3, -0.25) is 9.69 Å². The lowest BCUT2D eigenvalue weighted by molar-refractivity contribution is -0.833. The van der Waals surface area contributed by atoms with E-state index in [1.807, 2.05) is 0 Å². The summed E-state index contributed by atoms with van der Waals surface area (Å²) in [6, 6.07) is 0. The van der Waals surface area contributed by atoms with E-state index in [4.69, 9.17) is 4.74 Å². The molecule has 0 aromatic carbocycles. The predicted molar refractivity (Wildman–Crippen MR) is 115 cm³/mol. The number of carboxylic acids is 1. The van der Waals surface area contributed by atoms with Crippen LogP contribution >= 0.6 is 0 Å². The number of fused-ring (bicyclic) bond motifs is 5. The minimum Gasteiger partial charge on any atom is -0.477 e. The van der Waals surface area contributed by atoms with E-state index >= 15 is 0 Å². The van der Waals surface area contributed by atoms with Gasteiger partial charge in [-0.15, -0.1) is 0 Å². The summed E-state index contributed by atoms with van der Waals surface area (Å²) in [5.41, 5.74) is 3.39. The first-order valence-electron chi connectivity index (χ1n) is 11.7. The fourth-order valence-corrected chi connectivity index (χ4v) is 8.04. The highest BCUT2D eigenvalue weighted by Crippen LogP contribution is 2.69. The van der Waals surface area contributed by atoms with E-state index in [1.165, 1.54) is 50.2 Å². The van der Waals surface area contributed by atoms with E-state index in [9.17, 15) is 14.7 Å². The second-order valence-corrected chi connectivity index (χ2v) is 11.1. The van der Waals surface area contributed by atoms with Crippen molar-refractivity contribution in [3.8, 4) is 0 Å². The van der Waals surface area contributed by atoms with Crippen LogP contribution in [0.25, 0.3) is 0 Å². The summed E-state index contributed by atoms with van der Waals surface area (Å²) in [5.74, 6) is 0.309. The topological polar surface area (TPSA) is 68.0 Å². The van der Waals surface area contributed by atoms with Crippen molar-refractivity contribution in [2.24, 2.45) is 28.1 Å². The molecule has 5 nitrogen and oxygen atoms in total. The molecule has 1 heterocycles. The normalized spacial score (nSPS) is 42.7. The predicted octanol–water partition coefficient (Wildman–Crippen LogP) is 3.37. The molecule has 0 aromatic rings. The van der Waals surface area contributed by atoms with Gasteiger partial charge in [0.2, 0.25) is 0 Å². The van der Waals surface area contributed by atoms with E-state index in [-0.39, 0.29) is 28.8 Å². The molecule has 2 N–H and O–H groups in total. The van der Waals surface area contributed by atoms with Crippen LogP contribution in [0.4, 0.5) is 0 Å². The summed E-state index contributed by atoms with van der Waals surface area (Å²) >= 11 is 0. The molecule has 3 aliphatic carbocycles. The highest BCUT2D eigenvalue weighted by molar-refractivity contribution is 5.67. The van der Waals surface area contributed by atoms with Crippen molar-refractivity contribution in [1.29, 1.82) is 0 Å². The molecule has 0 bridgehead atoms. The van der Waals surface area contributed by atoms with Gasteiger partial charge in [0.1, 0.15) is 6.54 Å². The van der Waals surface area contributed by atoms with Gasteiger partial charge in [-0.05, 0) is 72.8 Å². The molecule has 3 fully saturated rings. The monoisotopic (exact) mass is 416 g/mol. The first kappa shape index (κ1) is 21.6. The number of carbonyl (C=O) groups excluding carboxylic acids is 1. The highest BCUT2D eigenvalue weighted by atomic mass is 16.5. The van der Waals surface area contributed by atoms with E-state index in [0.717, 1.165) is 24.3 Å². The Morgan fingerprint density at radius 2 is 1.93 bits per heavy atom. The first-order chi connectivity index (χ1) is 14.1. The van der Waals surface area contributed by atoms with Gasteiger partial charge >= 0.3 is 11.9 Å². The van der Waals surface area contributed by atoms with Gasteiger partial charge in [-0.1, -0.05) is 27.2 Å². The number of aliphatic carboxylic acids is 1. The summed E-state index contributed by atoms with van der Waals surface area (Å²) in [6.45, 7) is 10.3. The van der Waals surface area contributed by atoms with Crippen molar-refractivity contribution in [3.63, 3.8) is 0 Å². The maximum Gasteiger partial charge on any atom is 0.359 e. The standard InChI is InChI=1S/C25H37NO4/c1-17(27)30-16-23(2)10-5-11-25(4)20(23)8-12-24(3)19-9-13-26(15-22(28)29)14-18(19)6-7-21(24)25/h9,14,20-21H,5-8,10-13,15-16H2,1-4H3,(H,28,29)/p+1. The molecule has 30 heavy (non-hydrogen) atoms. The lowest BCUT2D eigenvalue weighted by Crippen LogP contribution is -3.09. The Kier molecular flexibility index (Phi) is 5.41. The average molecular weight is 417 g/mol. The molecule has 5 heteroatoms.